The Labute approximate surface area is 165 Å². The van der Waals surface area contributed by atoms with E-state index in [4.69, 9.17) is 21.1 Å². The molecule has 1 aromatic heterocycles. The Balaban J connectivity index is 1.95. The second kappa shape index (κ2) is 9.37. The zero-order chi connectivity index (χ0) is 20.0. The first-order chi connectivity index (χ1) is 12.7. The number of aromatic nitrogens is 1. The first-order valence-electron chi connectivity index (χ1n) is 9.22. The molecule has 7 nitrogen and oxygen atoms in total. The number of esters is 2. The van der Waals surface area contributed by atoms with Gasteiger partial charge in [0.1, 0.15) is 11.4 Å². The van der Waals surface area contributed by atoms with Crippen LogP contribution in [0.3, 0.4) is 0 Å². The third-order valence-electron chi connectivity index (χ3n) is 4.00. The van der Waals surface area contributed by atoms with E-state index < -0.39 is 11.6 Å². The Morgan fingerprint density at radius 2 is 2.15 bits per heavy atom. The largest absolute Gasteiger partial charge is 0.462 e. The summed E-state index contributed by atoms with van der Waals surface area (Å²) < 4.78 is 10.3. The summed E-state index contributed by atoms with van der Waals surface area (Å²) in [7, 11) is 0. The lowest BCUT2D eigenvalue weighted by Crippen LogP contribution is -2.51. The third-order valence-corrected chi connectivity index (χ3v) is 4.28. The van der Waals surface area contributed by atoms with Gasteiger partial charge in [-0.1, -0.05) is 11.6 Å². The molecule has 1 aliphatic heterocycles. The second-order valence-corrected chi connectivity index (χ2v) is 7.88. The van der Waals surface area contributed by atoms with Crippen LogP contribution in [0.2, 0.25) is 5.02 Å². The zero-order valence-corrected chi connectivity index (χ0v) is 17.1. The Bertz CT molecular complexity index is 675. The van der Waals surface area contributed by atoms with E-state index >= 15 is 0 Å². The number of carbonyl (C=O) groups is 2. The number of piperazine rings is 1. The minimum Gasteiger partial charge on any atom is -0.462 e. The highest BCUT2D eigenvalue weighted by Gasteiger charge is 2.24. The maximum Gasteiger partial charge on any atom is 0.339 e. The molecule has 1 fully saturated rings. The molecule has 1 unspecified atom stereocenters. The number of carbonyl (C=O) groups excluding carboxylic acids is 2. The molecule has 27 heavy (non-hydrogen) atoms. The molecule has 1 aromatic rings. The lowest BCUT2D eigenvalue weighted by molar-refractivity contribution is -0.155. The molecule has 0 saturated carbocycles. The topological polar surface area (TPSA) is 80.8 Å². The smallest absolute Gasteiger partial charge is 0.339 e. The number of halogens is 1. The number of anilines is 1. The molecule has 150 valence electrons. The van der Waals surface area contributed by atoms with E-state index in [1.165, 1.54) is 6.20 Å². The SMILES string of the molecule is CCOC(=O)c1cnc(N2CCNC(CCC(=O)OC(C)(C)C)C2)c(Cl)c1. The number of nitrogens with zero attached hydrogens (tertiary/aromatic N) is 2. The van der Waals surface area contributed by atoms with Gasteiger partial charge in [0.05, 0.1) is 17.2 Å². The van der Waals surface area contributed by atoms with Crippen LogP contribution in [0.1, 0.15) is 50.9 Å². The van der Waals surface area contributed by atoms with Crippen molar-refractivity contribution < 1.29 is 19.1 Å². The Hall–Kier alpha value is -1.86. The van der Waals surface area contributed by atoms with E-state index in [1.54, 1.807) is 13.0 Å². The predicted molar refractivity (Wildman–Crippen MR) is 104 cm³/mol. The van der Waals surface area contributed by atoms with Crippen molar-refractivity contribution in [2.24, 2.45) is 0 Å². The van der Waals surface area contributed by atoms with E-state index in [1.807, 2.05) is 20.8 Å². The third kappa shape index (κ3) is 6.66. The molecular weight excluding hydrogens is 370 g/mol. The number of pyridine rings is 1. The highest BCUT2D eigenvalue weighted by molar-refractivity contribution is 6.33. The van der Waals surface area contributed by atoms with Gasteiger partial charge in [0.2, 0.25) is 0 Å². The summed E-state index contributed by atoms with van der Waals surface area (Å²) in [6.45, 7) is 9.81. The highest BCUT2D eigenvalue weighted by atomic mass is 35.5. The molecule has 0 aliphatic carbocycles. The van der Waals surface area contributed by atoms with Gasteiger partial charge in [-0.25, -0.2) is 9.78 Å². The molecule has 0 radical (unpaired) electrons. The molecule has 1 saturated heterocycles. The van der Waals surface area contributed by atoms with E-state index in [0.29, 0.717) is 42.4 Å². The van der Waals surface area contributed by atoms with Crippen molar-refractivity contribution in [1.29, 1.82) is 0 Å². The molecule has 0 amide bonds. The fraction of sp³-hybridized carbons (Fsp3) is 0.632. The van der Waals surface area contributed by atoms with Crippen molar-refractivity contribution in [3.8, 4) is 0 Å². The molecule has 2 rings (SSSR count). The highest BCUT2D eigenvalue weighted by Crippen LogP contribution is 2.26. The quantitative estimate of drug-likeness (QED) is 0.739. The van der Waals surface area contributed by atoms with Crippen molar-refractivity contribution in [3.63, 3.8) is 0 Å². The van der Waals surface area contributed by atoms with Gasteiger partial charge in [0, 0.05) is 38.3 Å². The Morgan fingerprint density at radius 1 is 1.41 bits per heavy atom. The summed E-state index contributed by atoms with van der Waals surface area (Å²) in [6, 6.07) is 1.72. The van der Waals surface area contributed by atoms with Gasteiger partial charge in [-0.05, 0) is 40.2 Å². The van der Waals surface area contributed by atoms with Gasteiger partial charge < -0.3 is 19.7 Å². The summed E-state index contributed by atoms with van der Waals surface area (Å²) in [5.41, 5.74) is -0.136. The van der Waals surface area contributed by atoms with Crippen LogP contribution in [-0.4, -0.2) is 54.8 Å². The van der Waals surface area contributed by atoms with E-state index in [2.05, 4.69) is 15.2 Å². The zero-order valence-electron chi connectivity index (χ0n) is 16.4. The van der Waals surface area contributed by atoms with Crippen LogP contribution in [0, 0.1) is 0 Å². The summed E-state index contributed by atoms with van der Waals surface area (Å²) >= 11 is 6.35. The fourth-order valence-corrected chi connectivity index (χ4v) is 3.17. The molecule has 0 aromatic carbocycles. The van der Waals surface area contributed by atoms with Crippen LogP contribution in [0.15, 0.2) is 12.3 Å². The summed E-state index contributed by atoms with van der Waals surface area (Å²) in [4.78, 5) is 30.1. The predicted octanol–water partition coefficient (Wildman–Crippen LogP) is 2.81. The maximum absolute atomic E-state index is 11.9. The average molecular weight is 398 g/mol. The molecule has 8 heteroatoms. The normalized spacial score (nSPS) is 17.5. The van der Waals surface area contributed by atoms with Gasteiger partial charge in [-0.2, -0.15) is 0 Å². The summed E-state index contributed by atoms with van der Waals surface area (Å²) in [6.07, 6.45) is 2.51. The van der Waals surface area contributed by atoms with Crippen LogP contribution in [-0.2, 0) is 14.3 Å². The Morgan fingerprint density at radius 3 is 2.78 bits per heavy atom. The van der Waals surface area contributed by atoms with Crippen molar-refractivity contribution in [1.82, 2.24) is 10.3 Å². The number of rotatable bonds is 6. The van der Waals surface area contributed by atoms with Gasteiger partial charge in [-0.15, -0.1) is 0 Å². The van der Waals surface area contributed by atoms with Crippen molar-refractivity contribution in [2.75, 3.05) is 31.1 Å². The lowest BCUT2D eigenvalue weighted by atomic mass is 10.1. The molecule has 1 aliphatic rings. The monoisotopic (exact) mass is 397 g/mol. The van der Waals surface area contributed by atoms with Gasteiger partial charge in [0.25, 0.3) is 0 Å². The van der Waals surface area contributed by atoms with Crippen LogP contribution in [0.5, 0.6) is 0 Å². The van der Waals surface area contributed by atoms with Crippen LogP contribution < -0.4 is 10.2 Å². The molecule has 0 spiro atoms. The molecule has 2 heterocycles. The van der Waals surface area contributed by atoms with Crippen LogP contribution in [0.25, 0.3) is 0 Å². The number of hydrogen-bond acceptors (Lipinski definition) is 7. The van der Waals surface area contributed by atoms with Crippen LogP contribution in [0.4, 0.5) is 5.82 Å². The molecule has 0 bridgehead atoms. The van der Waals surface area contributed by atoms with E-state index in [0.717, 1.165) is 13.1 Å². The van der Waals surface area contributed by atoms with Crippen molar-refractivity contribution in [2.45, 2.75) is 52.2 Å². The Kier molecular flexibility index (Phi) is 7.44. The van der Waals surface area contributed by atoms with Gasteiger partial charge >= 0.3 is 11.9 Å². The molecule has 1 atom stereocenters. The van der Waals surface area contributed by atoms with Crippen molar-refractivity contribution in [3.05, 3.63) is 22.8 Å². The first-order valence-corrected chi connectivity index (χ1v) is 9.60. The van der Waals surface area contributed by atoms with Crippen LogP contribution >= 0.6 is 11.6 Å². The standard InChI is InChI=1S/C19H28ClN3O4/c1-5-26-18(25)13-10-15(20)17(22-11-13)23-9-8-21-14(12-23)6-7-16(24)27-19(2,3)4/h10-11,14,21H,5-9,12H2,1-4H3. The second-order valence-electron chi connectivity index (χ2n) is 7.47. The summed E-state index contributed by atoms with van der Waals surface area (Å²) in [5.74, 6) is -0.00106. The number of nitrogens with one attached hydrogen (secondary N) is 1. The minimum atomic E-state index is -0.471. The lowest BCUT2D eigenvalue weighted by Gasteiger charge is -2.35. The molecular formula is C19H28ClN3O4. The minimum absolute atomic E-state index is 0.133. The van der Waals surface area contributed by atoms with Gasteiger partial charge in [0.15, 0.2) is 0 Å². The summed E-state index contributed by atoms with van der Waals surface area (Å²) in [5, 5.41) is 3.82. The fourth-order valence-electron chi connectivity index (χ4n) is 2.89. The van der Waals surface area contributed by atoms with E-state index in [9.17, 15) is 9.59 Å². The van der Waals surface area contributed by atoms with Crippen molar-refractivity contribution >= 4 is 29.4 Å². The molecule has 1 N–H and O–H groups in total. The number of ether oxygens (including phenoxy) is 2. The number of hydrogen-bond donors (Lipinski definition) is 1. The average Bonchev–Trinajstić information content (AvgIpc) is 2.59. The first kappa shape index (κ1) is 21.4. The van der Waals surface area contributed by atoms with E-state index in [-0.39, 0.29) is 12.0 Å². The maximum atomic E-state index is 11.9. The van der Waals surface area contributed by atoms with Gasteiger partial charge in [-0.3, -0.25) is 4.79 Å².